The van der Waals surface area contributed by atoms with Gasteiger partial charge in [-0.3, -0.25) is 4.79 Å². The van der Waals surface area contributed by atoms with Gasteiger partial charge in [0, 0.05) is 23.2 Å². The second-order valence-electron chi connectivity index (χ2n) is 6.69. The second-order valence-corrected chi connectivity index (χ2v) is 7.94. The highest BCUT2D eigenvalue weighted by molar-refractivity contribution is 6.42. The summed E-state index contributed by atoms with van der Waals surface area (Å²) in [6.07, 6.45) is 2.44. The fourth-order valence-electron chi connectivity index (χ4n) is 2.78. The fourth-order valence-corrected chi connectivity index (χ4v) is 3.19. The fraction of sp³-hybridized carbons (Fsp3) is 0.190. The van der Waals surface area contributed by atoms with Crippen LogP contribution in [-0.4, -0.2) is 22.7 Å². The minimum absolute atomic E-state index is 0.0527. The van der Waals surface area contributed by atoms with Crippen molar-refractivity contribution in [2.24, 2.45) is 0 Å². The van der Waals surface area contributed by atoms with Crippen molar-refractivity contribution < 1.29 is 18.7 Å². The lowest BCUT2D eigenvalue weighted by atomic mass is 9.91. The number of rotatable bonds is 8. The first-order valence-electron chi connectivity index (χ1n) is 9.25. The van der Waals surface area contributed by atoms with Crippen molar-refractivity contribution >= 4 is 40.7 Å². The van der Waals surface area contributed by atoms with Gasteiger partial charge >= 0.3 is 0 Å². The number of allylic oxidation sites excluding steroid dienone is 2. The second kappa shape index (κ2) is 9.60. The molecule has 1 aromatic heterocycles. The highest BCUT2D eigenvalue weighted by atomic mass is 35.5. The van der Waals surface area contributed by atoms with E-state index in [1.807, 2.05) is 6.08 Å². The van der Waals surface area contributed by atoms with Gasteiger partial charge in [-0.25, -0.2) is 0 Å². The molecular weight excluding hydrogens is 465 g/mol. The van der Waals surface area contributed by atoms with Crippen molar-refractivity contribution in [2.45, 2.75) is 18.9 Å². The minimum atomic E-state index is -0.279. The summed E-state index contributed by atoms with van der Waals surface area (Å²) in [4.78, 5) is 12.0. The van der Waals surface area contributed by atoms with Crippen LogP contribution in [0, 0.1) is 0 Å². The summed E-state index contributed by atoms with van der Waals surface area (Å²) in [6, 6.07) is 11.8. The van der Waals surface area contributed by atoms with Crippen molar-refractivity contribution in [3.8, 4) is 11.5 Å². The largest absolute Gasteiger partial charge is 0.484 e. The number of nitrogens with zero attached hydrogens (tertiary/aromatic N) is 2. The Morgan fingerprint density at radius 1 is 1.03 bits per heavy atom. The van der Waals surface area contributed by atoms with Crippen molar-refractivity contribution in [2.75, 3.05) is 6.61 Å². The molecule has 160 valence electrons. The van der Waals surface area contributed by atoms with Crippen LogP contribution in [0.25, 0.3) is 0 Å². The van der Waals surface area contributed by atoms with Crippen LogP contribution in [0.1, 0.15) is 24.1 Å². The van der Waals surface area contributed by atoms with Gasteiger partial charge in [0.2, 0.25) is 5.89 Å². The molecule has 0 fully saturated rings. The van der Waals surface area contributed by atoms with E-state index in [1.165, 1.54) is 0 Å². The van der Waals surface area contributed by atoms with E-state index in [-0.39, 0.29) is 25.0 Å². The number of aromatic nitrogens is 2. The summed E-state index contributed by atoms with van der Waals surface area (Å²) in [5, 5.41) is 12.2. The van der Waals surface area contributed by atoms with Crippen LogP contribution in [0.5, 0.6) is 11.5 Å². The molecule has 0 aliphatic heterocycles. The third kappa shape index (κ3) is 5.70. The lowest BCUT2D eigenvalue weighted by Crippen LogP contribution is -2.32. The predicted molar refractivity (Wildman–Crippen MR) is 116 cm³/mol. The predicted octanol–water partition coefficient (Wildman–Crippen LogP) is 5.18. The Morgan fingerprint density at radius 2 is 1.77 bits per heavy atom. The van der Waals surface area contributed by atoms with Gasteiger partial charge in [0.15, 0.2) is 13.2 Å². The Labute approximate surface area is 192 Å². The van der Waals surface area contributed by atoms with E-state index < -0.39 is 0 Å². The summed E-state index contributed by atoms with van der Waals surface area (Å²) in [5.74, 6) is 1.62. The Kier molecular flexibility index (Phi) is 6.65. The zero-order valence-corrected chi connectivity index (χ0v) is 18.2. The van der Waals surface area contributed by atoms with Crippen LogP contribution in [-0.2, 0) is 11.4 Å². The van der Waals surface area contributed by atoms with Crippen molar-refractivity contribution in [1.29, 1.82) is 0 Å². The van der Waals surface area contributed by atoms with Gasteiger partial charge in [0.25, 0.3) is 11.8 Å². The van der Waals surface area contributed by atoms with E-state index in [2.05, 4.69) is 15.5 Å². The summed E-state index contributed by atoms with van der Waals surface area (Å²) in [7, 11) is 0. The van der Waals surface area contributed by atoms with Crippen LogP contribution in [0.3, 0.4) is 0 Å². The molecule has 1 aliphatic carbocycles. The molecule has 0 saturated carbocycles. The number of benzene rings is 2. The van der Waals surface area contributed by atoms with E-state index in [4.69, 9.17) is 48.7 Å². The molecule has 0 saturated heterocycles. The highest BCUT2D eigenvalue weighted by Crippen LogP contribution is 2.33. The number of amides is 1. The van der Waals surface area contributed by atoms with Gasteiger partial charge in [-0.05, 0) is 36.4 Å². The minimum Gasteiger partial charge on any atom is -0.484 e. The normalized spacial score (nSPS) is 15.1. The molecule has 1 heterocycles. The number of nitrogens with one attached hydrogen (secondary N) is 1. The Hall–Kier alpha value is -2.74. The van der Waals surface area contributed by atoms with E-state index >= 15 is 0 Å². The van der Waals surface area contributed by atoms with Gasteiger partial charge in [0.05, 0.1) is 16.0 Å². The summed E-state index contributed by atoms with van der Waals surface area (Å²) in [5.41, 5.74) is 0.768. The zero-order valence-electron chi connectivity index (χ0n) is 16.0. The third-order valence-electron chi connectivity index (χ3n) is 4.38. The first-order chi connectivity index (χ1) is 15.0. The number of carbonyl (C=O) groups excluding carboxylic acids is 1. The molecule has 10 heteroatoms. The smallest absolute Gasteiger partial charge is 0.262 e. The van der Waals surface area contributed by atoms with E-state index in [1.54, 1.807) is 42.5 Å². The molecule has 3 aromatic rings. The molecule has 1 unspecified atom stereocenters. The van der Waals surface area contributed by atoms with Gasteiger partial charge < -0.3 is 19.2 Å². The molecular formula is C21H16Cl3N3O4. The molecule has 0 bridgehead atoms. The molecule has 0 radical (unpaired) electrons. The standard InChI is InChI=1S/C21H16Cl3N3O4/c22-13-1-3-15(4-2-13)30-11-20-26-27-21(31-20)12-7-14(8-12)25-19(28)10-29-16-5-6-17(23)18(24)9-16/h1-7,9,12H,8,10-11H2,(H,25,28). The van der Waals surface area contributed by atoms with Gasteiger partial charge in [0.1, 0.15) is 11.5 Å². The average molecular weight is 481 g/mol. The highest BCUT2D eigenvalue weighted by Gasteiger charge is 2.27. The van der Waals surface area contributed by atoms with E-state index in [0.717, 1.165) is 5.70 Å². The first-order valence-corrected chi connectivity index (χ1v) is 10.4. The van der Waals surface area contributed by atoms with Gasteiger partial charge in [-0.15, -0.1) is 10.2 Å². The number of halogens is 3. The number of hydrogen-bond donors (Lipinski definition) is 1. The lowest BCUT2D eigenvalue weighted by Gasteiger charge is -2.23. The molecule has 4 rings (SSSR count). The third-order valence-corrected chi connectivity index (χ3v) is 5.37. The maximum absolute atomic E-state index is 12.0. The van der Waals surface area contributed by atoms with Crippen molar-refractivity contribution in [1.82, 2.24) is 15.5 Å². The van der Waals surface area contributed by atoms with Crippen molar-refractivity contribution in [3.63, 3.8) is 0 Å². The molecule has 1 amide bonds. The monoisotopic (exact) mass is 479 g/mol. The van der Waals surface area contributed by atoms with Crippen LogP contribution in [0.15, 0.2) is 58.7 Å². The maximum atomic E-state index is 12.0. The van der Waals surface area contributed by atoms with Gasteiger partial charge in [-0.2, -0.15) is 0 Å². The summed E-state index contributed by atoms with van der Waals surface area (Å²) < 4.78 is 16.6. The molecule has 0 spiro atoms. The Morgan fingerprint density at radius 3 is 2.52 bits per heavy atom. The number of hydrogen-bond acceptors (Lipinski definition) is 6. The van der Waals surface area contributed by atoms with Crippen LogP contribution in [0.2, 0.25) is 15.1 Å². The SMILES string of the molecule is O=C(COc1ccc(Cl)c(Cl)c1)NC1=CC(c2nnc(COc3ccc(Cl)cc3)o2)C1. The Balaban J connectivity index is 1.23. The lowest BCUT2D eigenvalue weighted by molar-refractivity contribution is -0.122. The van der Waals surface area contributed by atoms with E-state index in [0.29, 0.717) is 44.8 Å². The molecule has 31 heavy (non-hydrogen) atoms. The van der Waals surface area contributed by atoms with Crippen molar-refractivity contribution in [3.05, 3.63) is 81.1 Å². The molecule has 7 nitrogen and oxygen atoms in total. The first kappa shape index (κ1) is 21.5. The summed E-state index contributed by atoms with van der Waals surface area (Å²) >= 11 is 17.6. The van der Waals surface area contributed by atoms with Crippen LogP contribution >= 0.6 is 34.8 Å². The quantitative estimate of drug-likeness (QED) is 0.478. The molecule has 1 N–H and O–H groups in total. The maximum Gasteiger partial charge on any atom is 0.262 e. The Bertz CT molecular complexity index is 1120. The van der Waals surface area contributed by atoms with Crippen LogP contribution < -0.4 is 14.8 Å². The number of carbonyl (C=O) groups is 1. The van der Waals surface area contributed by atoms with Gasteiger partial charge in [-0.1, -0.05) is 40.9 Å². The average Bonchev–Trinajstić information content (AvgIpc) is 3.19. The zero-order chi connectivity index (χ0) is 21.8. The molecule has 2 aromatic carbocycles. The van der Waals surface area contributed by atoms with Crippen LogP contribution in [0.4, 0.5) is 0 Å². The summed E-state index contributed by atoms with van der Waals surface area (Å²) in [6.45, 7) is 0.00736. The molecule has 1 aliphatic rings. The topological polar surface area (TPSA) is 86.5 Å². The van der Waals surface area contributed by atoms with E-state index in [9.17, 15) is 4.79 Å². The molecule has 1 atom stereocenters. The number of ether oxygens (including phenoxy) is 2.